The topological polar surface area (TPSA) is 63.4 Å². The molecule has 0 spiro atoms. The molecule has 0 aliphatic carbocycles. The van der Waals surface area contributed by atoms with Crippen molar-refractivity contribution in [2.75, 3.05) is 19.6 Å². The summed E-state index contributed by atoms with van der Waals surface area (Å²) in [6.07, 6.45) is 0.659. The molecule has 0 radical (unpaired) electrons. The van der Waals surface area contributed by atoms with Crippen LogP contribution in [0.5, 0.6) is 0 Å². The van der Waals surface area contributed by atoms with E-state index >= 15 is 0 Å². The highest BCUT2D eigenvalue weighted by atomic mass is 35.5. The summed E-state index contributed by atoms with van der Waals surface area (Å²) in [4.78, 5) is -0.229. The van der Waals surface area contributed by atoms with Crippen LogP contribution in [0.2, 0.25) is 0 Å². The van der Waals surface area contributed by atoms with E-state index in [4.69, 9.17) is 5.73 Å². The van der Waals surface area contributed by atoms with Crippen LogP contribution in [0.25, 0.3) is 0 Å². The van der Waals surface area contributed by atoms with Gasteiger partial charge in [-0.05, 0) is 36.6 Å². The first-order valence-electron chi connectivity index (χ1n) is 5.94. The van der Waals surface area contributed by atoms with Gasteiger partial charge in [-0.25, -0.2) is 17.2 Å². The summed E-state index contributed by atoms with van der Waals surface area (Å²) in [5, 5.41) is 0. The maximum Gasteiger partial charge on any atom is 0.243 e. The predicted molar refractivity (Wildman–Crippen MR) is 74.1 cm³/mol. The molecular formula is C12H17ClF2N2O2S. The third-order valence-corrected chi connectivity index (χ3v) is 5.39. The molecule has 2 rings (SSSR count). The SMILES string of the molecule is CC1(CN)CCN(S(=O)(=O)c2ccc(F)c(F)c2)C1.Cl. The third kappa shape index (κ3) is 3.11. The predicted octanol–water partition coefficient (Wildman–Crippen LogP) is 1.75. The molecule has 1 heterocycles. The first-order valence-corrected chi connectivity index (χ1v) is 7.38. The molecule has 1 atom stereocenters. The van der Waals surface area contributed by atoms with Crippen molar-refractivity contribution in [1.29, 1.82) is 0 Å². The lowest BCUT2D eigenvalue weighted by Gasteiger charge is -2.22. The van der Waals surface area contributed by atoms with Gasteiger partial charge in [-0.1, -0.05) is 6.92 Å². The van der Waals surface area contributed by atoms with Crippen molar-refractivity contribution in [1.82, 2.24) is 4.31 Å². The summed E-state index contributed by atoms with van der Waals surface area (Å²) in [6, 6.07) is 2.61. The quantitative estimate of drug-likeness (QED) is 0.920. The molecule has 1 unspecified atom stereocenters. The Kier molecular flexibility index (Phi) is 5.13. The van der Waals surface area contributed by atoms with Crippen LogP contribution in [-0.4, -0.2) is 32.4 Å². The van der Waals surface area contributed by atoms with Crippen LogP contribution < -0.4 is 5.73 Å². The fourth-order valence-electron chi connectivity index (χ4n) is 2.14. The van der Waals surface area contributed by atoms with E-state index in [2.05, 4.69) is 0 Å². The average molecular weight is 327 g/mol. The minimum Gasteiger partial charge on any atom is -0.330 e. The second kappa shape index (κ2) is 5.93. The molecule has 114 valence electrons. The van der Waals surface area contributed by atoms with Crippen molar-refractivity contribution in [3.63, 3.8) is 0 Å². The largest absolute Gasteiger partial charge is 0.330 e. The minimum absolute atomic E-state index is 0. The molecule has 20 heavy (non-hydrogen) atoms. The Labute approximate surface area is 123 Å². The van der Waals surface area contributed by atoms with Crippen LogP contribution >= 0.6 is 12.4 Å². The summed E-state index contributed by atoms with van der Waals surface area (Å²) in [5.74, 6) is -2.23. The number of hydrogen-bond donors (Lipinski definition) is 1. The molecule has 4 nitrogen and oxygen atoms in total. The summed E-state index contributed by atoms with van der Waals surface area (Å²) in [6.45, 7) is 2.93. The molecule has 1 aliphatic heterocycles. The zero-order chi connectivity index (χ0) is 14.3. The molecule has 1 fully saturated rings. The van der Waals surface area contributed by atoms with Crippen LogP contribution in [-0.2, 0) is 10.0 Å². The Bertz CT molecular complexity index is 597. The van der Waals surface area contributed by atoms with E-state index in [0.717, 1.165) is 12.1 Å². The lowest BCUT2D eigenvalue weighted by Crippen LogP contribution is -2.34. The van der Waals surface area contributed by atoms with Gasteiger partial charge in [-0.3, -0.25) is 0 Å². The summed E-state index contributed by atoms with van der Waals surface area (Å²) in [7, 11) is -3.79. The van der Waals surface area contributed by atoms with Crippen molar-refractivity contribution in [2.24, 2.45) is 11.1 Å². The van der Waals surface area contributed by atoms with Gasteiger partial charge in [0.15, 0.2) is 11.6 Å². The van der Waals surface area contributed by atoms with E-state index in [-0.39, 0.29) is 22.7 Å². The Morgan fingerprint density at radius 1 is 1.35 bits per heavy atom. The summed E-state index contributed by atoms with van der Waals surface area (Å²) in [5.41, 5.74) is 5.37. The Balaban J connectivity index is 0.00000200. The lowest BCUT2D eigenvalue weighted by atomic mass is 9.90. The van der Waals surface area contributed by atoms with Crippen molar-refractivity contribution < 1.29 is 17.2 Å². The zero-order valence-electron chi connectivity index (χ0n) is 11.0. The molecule has 1 aliphatic rings. The normalized spacial score (nSPS) is 23.6. The molecular weight excluding hydrogens is 310 g/mol. The highest BCUT2D eigenvalue weighted by molar-refractivity contribution is 7.89. The Morgan fingerprint density at radius 3 is 2.50 bits per heavy atom. The van der Waals surface area contributed by atoms with Gasteiger partial charge in [0.25, 0.3) is 0 Å². The highest BCUT2D eigenvalue weighted by Gasteiger charge is 2.39. The van der Waals surface area contributed by atoms with E-state index in [0.29, 0.717) is 32.1 Å². The molecule has 0 bridgehead atoms. The van der Waals surface area contributed by atoms with Gasteiger partial charge in [0.2, 0.25) is 10.0 Å². The molecule has 1 aromatic rings. The van der Waals surface area contributed by atoms with Crippen LogP contribution in [0.15, 0.2) is 23.1 Å². The van der Waals surface area contributed by atoms with Gasteiger partial charge in [-0.2, -0.15) is 4.31 Å². The first-order chi connectivity index (χ1) is 8.78. The molecule has 0 saturated carbocycles. The zero-order valence-corrected chi connectivity index (χ0v) is 12.6. The van der Waals surface area contributed by atoms with Gasteiger partial charge in [0.05, 0.1) is 4.90 Å². The average Bonchev–Trinajstić information content (AvgIpc) is 2.77. The number of benzene rings is 1. The van der Waals surface area contributed by atoms with Crippen molar-refractivity contribution >= 4 is 22.4 Å². The number of rotatable bonds is 3. The van der Waals surface area contributed by atoms with Gasteiger partial charge in [-0.15, -0.1) is 12.4 Å². The van der Waals surface area contributed by atoms with Gasteiger partial charge < -0.3 is 5.73 Å². The van der Waals surface area contributed by atoms with Crippen LogP contribution in [0.3, 0.4) is 0 Å². The van der Waals surface area contributed by atoms with Gasteiger partial charge in [0.1, 0.15) is 0 Å². The number of nitrogens with zero attached hydrogens (tertiary/aromatic N) is 1. The fraction of sp³-hybridized carbons (Fsp3) is 0.500. The number of nitrogens with two attached hydrogens (primary N) is 1. The van der Waals surface area contributed by atoms with Crippen LogP contribution in [0, 0.1) is 17.0 Å². The Morgan fingerprint density at radius 2 is 2.00 bits per heavy atom. The standard InChI is InChI=1S/C12H16F2N2O2S.ClH/c1-12(7-15)4-5-16(8-12)19(17,18)9-2-3-10(13)11(14)6-9;/h2-3,6H,4-5,7-8,15H2,1H3;1H. The van der Waals surface area contributed by atoms with Gasteiger partial charge >= 0.3 is 0 Å². The van der Waals surface area contributed by atoms with E-state index < -0.39 is 21.7 Å². The molecule has 0 aromatic heterocycles. The second-order valence-electron chi connectivity index (χ2n) is 5.18. The van der Waals surface area contributed by atoms with Crippen molar-refractivity contribution in [3.05, 3.63) is 29.8 Å². The molecule has 1 saturated heterocycles. The van der Waals surface area contributed by atoms with E-state index in [1.54, 1.807) is 0 Å². The number of hydrogen-bond acceptors (Lipinski definition) is 3. The lowest BCUT2D eigenvalue weighted by molar-refractivity contribution is 0.349. The van der Waals surface area contributed by atoms with Crippen molar-refractivity contribution in [2.45, 2.75) is 18.2 Å². The maximum absolute atomic E-state index is 13.1. The minimum atomic E-state index is -3.79. The maximum atomic E-state index is 13.1. The smallest absolute Gasteiger partial charge is 0.243 e. The van der Waals surface area contributed by atoms with Crippen LogP contribution in [0.4, 0.5) is 8.78 Å². The molecule has 2 N–H and O–H groups in total. The third-order valence-electron chi connectivity index (χ3n) is 3.54. The molecule has 1 aromatic carbocycles. The monoisotopic (exact) mass is 326 g/mol. The number of sulfonamides is 1. The second-order valence-corrected chi connectivity index (χ2v) is 7.12. The summed E-state index contributed by atoms with van der Waals surface area (Å²) >= 11 is 0. The van der Waals surface area contributed by atoms with E-state index in [1.165, 1.54) is 4.31 Å². The summed E-state index contributed by atoms with van der Waals surface area (Å²) < 4.78 is 51.8. The van der Waals surface area contributed by atoms with E-state index in [9.17, 15) is 17.2 Å². The Hall–Kier alpha value is -0.760. The molecule has 0 amide bonds. The molecule has 8 heteroatoms. The van der Waals surface area contributed by atoms with E-state index in [1.807, 2.05) is 6.92 Å². The highest BCUT2D eigenvalue weighted by Crippen LogP contribution is 2.32. The van der Waals surface area contributed by atoms with Crippen LogP contribution in [0.1, 0.15) is 13.3 Å². The fourth-order valence-corrected chi connectivity index (χ4v) is 3.74. The first kappa shape index (κ1) is 17.3. The van der Waals surface area contributed by atoms with Crippen molar-refractivity contribution in [3.8, 4) is 0 Å². The van der Waals surface area contributed by atoms with Gasteiger partial charge in [0, 0.05) is 13.1 Å². The number of halogens is 3.